The van der Waals surface area contributed by atoms with Crippen LogP contribution in [0.3, 0.4) is 0 Å². The monoisotopic (exact) mass is 504 g/mol. The fourth-order valence-electron chi connectivity index (χ4n) is 2.78. The zero-order valence-electron chi connectivity index (χ0n) is 17.0. The van der Waals surface area contributed by atoms with Gasteiger partial charge in [-0.25, -0.2) is 4.79 Å². The van der Waals surface area contributed by atoms with Gasteiger partial charge in [0.15, 0.2) is 3.79 Å². The van der Waals surface area contributed by atoms with Gasteiger partial charge in [-0.05, 0) is 39.0 Å². The Labute approximate surface area is 192 Å². The van der Waals surface area contributed by atoms with Gasteiger partial charge in [0, 0.05) is 13.0 Å². The minimum atomic E-state index is -4.63. The van der Waals surface area contributed by atoms with Crippen LogP contribution in [0.2, 0.25) is 0 Å². The molecular formula is C19H22Cl3F3N2O4. The predicted molar refractivity (Wildman–Crippen MR) is 112 cm³/mol. The highest BCUT2D eigenvalue weighted by Gasteiger charge is 2.34. The van der Waals surface area contributed by atoms with E-state index >= 15 is 0 Å². The van der Waals surface area contributed by atoms with Gasteiger partial charge in [0.25, 0.3) is 0 Å². The van der Waals surface area contributed by atoms with Crippen LogP contribution in [0.1, 0.15) is 39.2 Å². The Morgan fingerprint density at radius 3 is 2.39 bits per heavy atom. The molecular weight excluding hydrogens is 484 g/mol. The molecule has 1 heterocycles. The lowest BCUT2D eigenvalue weighted by atomic mass is 10.1. The summed E-state index contributed by atoms with van der Waals surface area (Å²) in [5.41, 5.74) is -1.86. The number of halogens is 6. The maximum atomic E-state index is 13.1. The van der Waals surface area contributed by atoms with E-state index in [1.54, 1.807) is 20.8 Å². The average Bonchev–Trinajstić information content (AvgIpc) is 3.01. The molecule has 1 fully saturated rings. The lowest BCUT2D eigenvalue weighted by Gasteiger charge is -2.24. The van der Waals surface area contributed by atoms with Crippen molar-refractivity contribution in [1.29, 1.82) is 0 Å². The Bertz CT molecular complexity index is 823. The van der Waals surface area contributed by atoms with Gasteiger partial charge < -0.3 is 19.7 Å². The van der Waals surface area contributed by atoms with Crippen LogP contribution in [0.4, 0.5) is 23.7 Å². The Kier molecular flexibility index (Phi) is 7.87. The molecule has 12 heteroatoms. The number of hydrogen-bond acceptors (Lipinski definition) is 4. The molecule has 2 amide bonds. The smallest absolute Gasteiger partial charge is 0.416 e. The molecule has 0 spiro atoms. The number of nitrogens with one attached hydrogen (secondary N) is 1. The molecule has 1 aromatic carbocycles. The Balaban J connectivity index is 2.16. The number of nitrogens with zero attached hydrogens (tertiary/aromatic N) is 1. The molecule has 1 unspecified atom stereocenters. The maximum absolute atomic E-state index is 13.1. The Morgan fingerprint density at radius 2 is 1.84 bits per heavy atom. The maximum Gasteiger partial charge on any atom is 0.416 e. The molecule has 0 aromatic heterocycles. The molecule has 1 aliphatic rings. The molecule has 0 radical (unpaired) electrons. The standard InChI is InChI=1S/C19H22Cl3F3N2O4/c1-17(2,3)31-16(29)27-7-6-12(10-27)30-14-5-4-11(19(23,24)25)8-13(14)26-15(28)9-18(20,21)22/h4-5,8,12H,6-7,9-10H2,1-3H3,(H,26,28). The van der Waals surface area contributed by atoms with E-state index in [1.807, 2.05) is 0 Å². The number of anilines is 1. The summed E-state index contributed by atoms with van der Waals surface area (Å²) in [6, 6.07) is 2.68. The van der Waals surface area contributed by atoms with Crippen molar-refractivity contribution in [2.24, 2.45) is 0 Å². The van der Waals surface area contributed by atoms with Gasteiger partial charge in [0.2, 0.25) is 5.91 Å². The summed E-state index contributed by atoms with van der Waals surface area (Å²) in [6.45, 7) is 5.75. The van der Waals surface area contributed by atoms with Gasteiger partial charge in [-0.15, -0.1) is 0 Å². The third-order valence-corrected chi connectivity index (χ3v) is 4.43. The van der Waals surface area contributed by atoms with Gasteiger partial charge in [-0.2, -0.15) is 13.2 Å². The van der Waals surface area contributed by atoms with Crippen molar-refractivity contribution in [2.45, 2.75) is 55.3 Å². The summed E-state index contributed by atoms with van der Waals surface area (Å²) in [6.07, 6.45) is -5.78. The number of benzene rings is 1. The van der Waals surface area contributed by atoms with Crippen molar-refractivity contribution < 1.29 is 32.2 Å². The topological polar surface area (TPSA) is 67.9 Å². The molecule has 31 heavy (non-hydrogen) atoms. The van der Waals surface area contributed by atoms with Crippen molar-refractivity contribution in [3.05, 3.63) is 23.8 Å². The molecule has 1 N–H and O–H groups in total. The highest BCUT2D eigenvalue weighted by Crippen LogP contribution is 2.37. The lowest BCUT2D eigenvalue weighted by molar-refractivity contribution is -0.137. The molecule has 1 aromatic rings. The van der Waals surface area contributed by atoms with Gasteiger partial charge >= 0.3 is 12.3 Å². The minimum absolute atomic E-state index is 0.00158. The summed E-state index contributed by atoms with van der Waals surface area (Å²) in [5, 5.41) is 2.30. The number of likely N-dealkylation sites (tertiary alicyclic amines) is 1. The molecule has 1 saturated heterocycles. The van der Waals surface area contributed by atoms with Crippen LogP contribution in [0, 0.1) is 0 Å². The van der Waals surface area contributed by atoms with Crippen LogP contribution in [0.15, 0.2) is 18.2 Å². The zero-order valence-corrected chi connectivity index (χ0v) is 19.3. The molecule has 0 bridgehead atoms. The Hall–Kier alpha value is -1.58. The van der Waals surface area contributed by atoms with E-state index in [2.05, 4.69) is 5.32 Å². The zero-order chi connectivity index (χ0) is 23.6. The molecule has 1 aliphatic heterocycles. The van der Waals surface area contributed by atoms with E-state index in [0.717, 1.165) is 18.2 Å². The first-order valence-corrected chi connectivity index (χ1v) is 10.4. The average molecular weight is 506 g/mol. The van der Waals surface area contributed by atoms with Crippen molar-refractivity contribution >= 4 is 52.5 Å². The summed E-state index contributed by atoms with van der Waals surface area (Å²) in [4.78, 5) is 25.7. The third kappa shape index (κ3) is 8.46. The quantitative estimate of drug-likeness (QED) is 0.526. The summed E-state index contributed by atoms with van der Waals surface area (Å²) in [7, 11) is 0. The van der Waals surface area contributed by atoms with E-state index < -0.39 is 45.7 Å². The van der Waals surface area contributed by atoms with Gasteiger partial charge in [0.05, 0.1) is 24.2 Å². The Morgan fingerprint density at radius 1 is 1.19 bits per heavy atom. The number of carbonyl (C=O) groups excluding carboxylic acids is 2. The summed E-state index contributed by atoms with van der Waals surface area (Å²) in [5.74, 6) is -0.798. The van der Waals surface area contributed by atoms with Gasteiger partial charge in [-0.1, -0.05) is 34.8 Å². The molecule has 6 nitrogen and oxygen atoms in total. The molecule has 0 aliphatic carbocycles. The van der Waals surface area contributed by atoms with Crippen LogP contribution >= 0.6 is 34.8 Å². The van der Waals surface area contributed by atoms with Crippen LogP contribution < -0.4 is 10.1 Å². The van der Waals surface area contributed by atoms with Gasteiger partial charge in [-0.3, -0.25) is 4.79 Å². The van der Waals surface area contributed by atoms with Crippen LogP contribution in [-0.2, 0) is 15.7 Å². The van der Waals surface area contributed by atoms with Crippen molar-refractivity contribution in [1.82, 2.24) is 4.90 Å². The van der Waals surface area contributed by atoms with Crippen LogP contribution in [0.5, 0.6) is 5.75 Å². The number of carbonyl (C=O) groups is 2. The van der Waals surface area contributed by atoms with E-state index in [9.17, 15) is 22.8 Å². The van der Waals surface area contributed by atoms with Crippen LogP contribution in [0.25, 0.3) is 0 Å². The third-order valence-electron chi connectivity index (χ3n) is 4.03. The van der Waals surface area contributed by atoms with Crippen molar-refractivity contribution in [3.8, 4) is 5.75 Å². The van der Waals surface area contributed by atoms with E-state index in [4.69, 9.17) is 44.3 Å². The van der Waals surface area contributed by atoms with Crippen LogP contribution in [-0.4, -0.2) is 45.5 Å². The first kappa shape index (κ1) is 25.7. The largest absolute Gasteiger partial charge is 0.486 e. The predicted octanol–water partition coefficient (Wildman–Crippen LogP) is 5.79. The highest BCUT2D eigenvalue weighted by molar-refractivity contribution is 6.68. The molecule has 174 valence electrons. The molecule has 0 saturated carbocycles. The van der Waals surface area contributed by atoms with Crippen molar-refractivity contribution in [3.63, 3.8) is 0 Å². The summed E-state index contributed by atoms with van der Waals surface area (Å²) < 4.78 is 48.5. The fourth-order valence-corrected chi connectivity index (χ4v) is 3.14. The molecule has 2 rings (SSSR count). The SMILES string of the molecule is CC(C)(C)OC(=O)N1CCC(Oc2ccc(C(F)(F)F)cc2NC(=O)CC(Cl)(Cl)Cl)C1. The first-order valence-electron chi connectivity index (χ1n) is 9.26. The second kappa shape index (κ2) is 9.50. The highest BCUT2D eigenvalue weighted by atomic mass is 35.6. The second-order valence-electron chi connectivity index (χ2n) is 8.00. The normalized spacial score (nSPS) is 17.5. The number of hydrogen-bond donors (Lipinski definition) is 1. The number of alkyl halides is 6. The fraction of sp³-hybridized carbons (Fsp3) is 0.579. The second-order valence-corrected chi connectivity index (χ2v) is 10.5. The first-order chi connectivity index (χ1) is 14.0. The summed E-state index contributed by atoms with van der Waals surface area (Å²) >= 11 is 16.7. The number of ether oxygens (including phenoxy) is 2. The lowest BCUT2D eigenvalue weighted by Crippen LogP contribution is -2.36. The number of amides is 2. The van der Waals surface area contributed by atoms with E-state index in [1.165, 1.54) is 4.90 Å². The number of rotatable bonds is 4. The van der Waals surface area contributed by atoms with E-state index in [0.29, 0.717) is 13.0 Å². The van der Waals surface area contributed by atoms with E-state index in [-0.39, 0.29) is 18.0 Å². The van der Waals surface area contributed by atoms with Gasteiger partial charge in [0.1, 0.15) is 17.5 Å². The molecule has 1 atom stereocenters. The minimum Gasteiger partial charge on any atom is -0.486 e. The van der Waals surface area contributed by atoms with Crippen molar-refractivity contribution in [2.75, 3.05) is 18.4 Å².